The standard InChI is InChI=1S/C6H7NO2/c1-6(4-8-6)5-2-3-9-7-5/h2-3H,4H2,1H3. The first kappa shape index (κ1) is 4.99. The van der Waals surface area contributed by atoms with Gasteiger partial charge < -0.3 is 9.26 Å². The van der Waals surface area contributed by atoms with Crippen LogP contribution in [0.3, 0.4) is 0 Å². The van der Waals surface area contributed by atoms with Crippen LogP contribution >= 0.6 is 0 Å². The van der Waals surface area contributed by atoms with Crippen LogP contribution in [0.25, 0.3) is 0 Å². The average Bonchev–Trinajstić information content (AvgIpc) is 2.46. The fourth-order valence-corrected chi connectivity index (χ4v) is 0.741. The SMILES string of the molecule is CC1(c2ccon2)CO1. The summed E-state index contributed by atoms with van der Waals surface area (Å²) < 4.78 is 9.77. The minimum atomic E-state index is -0.132. The third-order valence-electron chi connectivity index (χ3n) is 1.56. The van der Waals surface area contributed by atoms with Gasteiger partial charge in [-0.15, -0.1) is 0 Å². The molecule has 1 fully saturated rings. The van der Waals surface area contributed by atoms with E-state index in [1.807, 2.05) is 13.0 Å². The predicted octanol–water partition coefficient (Wildman–Crippen LogP) is 0.920. The van der Waals surface area contributed by atoms with E-state index in [1.165, 1.54) is 0 Å². The zero-order valence-corrected chi connectivity index (χ0v) is 5.13. The third-order valence-corrected chi connectivity index (χ3v) is 1.56. The van der Waals surface area contributed by atoms with Gasteiger partial charge in [0.05, 0.1) is 6.61 Å². The molecule has 9 heavy (non-hydrogen) atoms. The zero-order valence-electron chi connectivity index (χ0n) is 5.13. The lowest BCUT2D eigenvalue weighted by Gasteiger charge is -1.93. The fourth-order valence-electron chi connectivity index (χ4n) is 0.741. The summed E-state index contributed by atoms with van der Waals surface area (Å²) >= 11 is 0. The Morgan fingerprint density at radius 3 is 3.00 bits per heavy atom. The van der Waals surface area contributed by atoms with Crippen molar-refractivity contribution < 1.29 is 9.26 Å². The van der Waals surface area contributed by atoms with E-state index in [4.69, 9.17) is 4.74 Å². The number of epoxide rings is 1. The number of ether oxygens (including phenoxy) is 1. The molecule has 0 aliphatic carbocycles. The molecule has 3 nitrogen and oxygen atoms in total. The van der Waals surface area contributed by atoms with Gasteiger partial charge in [0.1, 0.15) is 17.6 Å². The number of hydrogen-bond acceptors (Lipinski definition) is 3. The van der Waals surface area contributed by atoms with Crippen LogP contribution < -0.4 is 0 Å². The molecular weight excluding hydrogens is 118 g/mol. The summed E-state index contributed by atoms with van der Waals surface area (Å²) in [5.41, 5.74) is 0.759. The maximum Gasteiger partial charge on any atom is 0.134 e. The molecule has 1 unspecified atom stereocenters. The Morgan fingerprint density at radius 2 is 2.56 bits per heavy atom. The van der Waals surface area contributed by atoms with Crippen molar-refractivity contribution in [3.05, 3.63) is 18.0 Å². The van der Waals surface area contributed by atoms with Crippen LogP contribution in [0.15, 0.2) is 16.9 Å². The van der Waals surface area contributed by atoms with Crippen molar-refractivity contribution in [1.29, 1.82) is 0 Å². The molecule has 0 bridgehead atoms. The Morgan fingerprint density at radius 1 is 1.78 bits per heavy atom. The van der Waals surface area contributed by atoms with Gasteiger partial charge in [-0.3, -0.25) is 0 Å². The minimum Gasteiger partial charge on any atom is -0.364 e. The van der Waals surface area contributed by atoms with E-state index < -0.39 is 0 Å². The number of nitrogens with zero attached hydrogens (tertiary/aromatic N) is 1. The van der Waals surface area contributed by atoms with Gasteiger partial charge in [0, 0.05) is 6.07 Å². The number of hydrogen-bond donors (Lipinski definition) is 0. The van der Waals surface area contributed by atoms with Gasteiger partial charge in [-0.25, -0.2) is 0 Å². The van der Waals surface area contributed by atoms with Crippen molar-refractivity contribution in [3.63, 3.8) is 0 Å². The molecule has 2 rings (SSSR count). The van der Waals surface area contributed by atoms with Crippen LogP contribution in [0.4, 0.5) is 0 Å². The van der Waals surface area contributed by atoms with Crippen molar-refractivity contribution in [1.82, 2.24) is 5.16 Å². The largest absolute Gasteiger partial charge is 0.364 e. The summed E-state index contributed by atoms with van der Waals surface area (Å²) in [5, 5.41) is 3.75. The molecule has 48 valence electrons. The van der Waals surface area contributed by atoms with Gasteiger partial charge in [-0.05, 0) is 6.92 Å². The van der Waals surface area contributed by atoms with Crippen LogP contribution in [0.1, 0.15) is 12.6 Å². The molecule has 0 N–H and O–H groups in total. The molecule has 3 heteroatoms. The Balaban J connectivity index is 2.34. The molecule has 1 saturated heterocycles. The van der Waals surface area contributed by atoms with Crippen LogP contribution in [-0.4, -0.2) is 11.8 Å². The van der Waals surface area contributed by atoms with Gasteiger partial charge in [-0.1, -0.05) is 5.16 Å². The summed E-state index contributed by atoms with van der Waals surface area (Å²) in [6, 6.07) is 1.83. The number of rotatable bonds is 1. The lowest BCUT2D eigenvalue weighted by atomic mass is 10.1. The molecule has 0 saturated carbocycles. The van der Waals surface area contributed by atoms with Crippen LogP contribution in [-0.2, 0) is 10.3 Å². The van der Waals surface area contributed by atoms with E-state index >= 15 is 0 Å². The lowest BCUT2D eigenvalue weighted by Crippen LogP contribution is -2.01. The topological polar surface area (TPSA) is 38.6 Å². The normalized spacial score (nSPS) is 32.6. The second kappa shape index (κ2) is 1.36. The Hall–Kier alpha value is -0.830. The second-order valence-corrected chi connectivity index (χ2v) is 2.40. The smallest absolute Gasteiger partial charge is 0.134 e. The highest BCUT2D eigenvalue weighted by Crippen LogP contribution is 2.36. The predicted molar refractivity (Wildman–Crippen MR) is 29.8 cm³/mol. The maximum atomic E-state index is 5.12. The molecule has 1 aliphatic rings. The highest BCUT2D eigenvalue weighted by Gasteiger charge is 2.43. The average molecular weight is 125 g/mol. The van der Waals surface area contributed by atoms with E-state index in [9.17, 15) is 0 Å². The number of aromatic nitrogens is 1. The lowest BCUT2D eigenvalue weighted by molar-refractivity contribution is 0.307. The fraction of sp³-hybridized carbons (Fsp3) is 0.500. The zero-order chi connectivity index (χ0) is 6.32. The quantitative estimate of drug-likeness (QED) is 0.524. The first-order valence-corrected chi connectivity index (χ1v) is 2.86. The van der Waals surface area contributed by atoms with Crippen molar-refractivity contribution >= 4 is 0 Å². The van der Waals surface area contributed by atoms with Crippen molar-refractivity contribution in [3.8, 4) is 0 Å². The van der Waals surface area contributed by atoms with Gasteiger partial charge in [0.2, 0.25) is 0 Å². The van der Waals surface area contributed by atoms with Crippen LogP contribution in [0, 0.1) is 0 Å². The Labute approximate surface area is 52.6 Å². The molecule has 0 spiro atoms. The van der Waals surface area contributed by atoms with E-state index in [-0.39, 0.29) is 5.60 Å². The van der Waals surface area contributed by atoms with E-state index in [0.717, 1.165) is 12.3 Å². The summed E-state index contributed by atoms with van der Waals surface area (Å²) in [4.78, 5) is 0. The minimum absolute atomic E-state index is 0.132. The summed E-state index contributed by atoms with van der Waals surface area (Å²) in [6.45, 7) is 2.75. The van der Waals surface area contributed by atoms with Crippen molar-refractivity contribution in [2.45, 2.75) is 12.5 Å². The highest BCUT2D eigenvalue weighted by atomic mass is 16.6. The van der Waals surface area contributed by atoms with Gasteiger partial charge in [0.15, 0.2) is 0 Å². The van der Waals surface area contributed by atoms with E-state index in [2.05, 4.69) is 9.68 Å². The summed E-state index contributed by atoms with van der Waals surface area (Å²) in [6.07, 6.45) is 1.56. The summed E-state index contributed by atoms with van der Waals surface area (Å²) in [7, 11) is 0. The Kier molecular flexibility index (Phi) is 0.754. The molecule has 1 aliphatic heterocycles. The molecule has 1 aromatic heterocycles. The first-order chi connectivity index (χ1) is 4.31. The van der Waals surface area contributed by atoms with Crippen LogP contribution in [0.2, 0.25) is 0 Å². The third kappa shape index (κ3) is 0.650. The molecule has 0 radical (unpaired) electrons. The molecule has 1 atom stereocenters. The van der Waals surface area contributed by atoms with Gasteiger partial charge in [0.25, 0.3) is 0 Å². The van der Waals surface area contributed by atoms with Gasteiger partial charge >= 0.3 is 0 Å². The summed E-state index contributed by atoms with van der Waals surface area (Å²) in [5.74, 6) is 0. The highest BCUT2D eigenvalue weighted by molar-refractivity contribution is 5.13. The van der Waals surface area contributed by atoms with Gasteiger partial charge in [-0.2, -0.15) is 0 Å². The molecule has 0 aromatic carbocycles. The monoisotopic (exact) mass is 125 g/mol. The second-order valence-electron chi connectivity index (χ2n) is 2.40. The Bertz CT molecular complexity index is 201. The van der Waals surface area contributed by atoms with E-state index in [0.29, 0.717) is 0 Å². The first-order valence-electron chi connectivity index (χ1n) is 2.86. The van der Waals surface area contributed by atoms with Crippen LogP contribution in [0.5, 0.6) is 0 Å². The maximum absolute atomic E-state index is 5.12. The van der Waals surface area contributed by atoms with Crippen molar-refractivity contribution in [2.24, 2.45) is 0 Å². The molecular formula is C6H7NO2. The van der Waals surface area contributed by atoms with Crippen molar-refractivity contribution in [2.75, 3.05) is 6.61 Å². The van der Waals surface area contributed by atoms with E-state index in [1.54, 1.807) is 6.26 Å². The molecule has 2 heterocycles. The molecule has 1 aromatic rings. The molecule has 0 amide bonds.